The minimum Gasteiger partial charge on any atom is -0.443 e. The third-order valence-corrected chi connectivity index (χ3v) is 4.33. The van der Waals surface area contributed by atoms with E-state index in [1.165, 1.54) is 5.01 Å². The zero-order valence-electron chi connectivity index (χ0n) is 14.5. The van der Waals surface area contributed by atoms with Crippen LogP contribution in [0.3, 0.4) is 0 Å². The van der Waals surface area contributed by atoms with Crippen LogP contribution in [0.15, 0.2) is 54.6 Å². The maximum atomic E-state index is 12.9. The second-order valence-corrected chi connectivity index (χ2v) is 7.63. The largest absolute Gasteiger partial charge is 0.443 e. The molecule has 25 heavy (non-hydrogen) atoms. The minimum atomic E-state index is -0.668. The molecule has 0 fully saturated rings. The van der Waals surface area contributed by atoms with Crippen LogP contribution < -0.4 is 5.43 Å². The standard InChI is InChI=1S/C19H21IN2O3/c1-19(2,3)22(17(23)15-11-7-8-12-16(15)20)21-18(24)25-13-14-9-5-4-6-10-14/h4-12H,13H2,1-3H3,(H,21,24). The predicted octanol–water partition coefficient (Wildman–Crippen LogP) is 4.37. The first-order valence-electron chi connectivity index (χ1n) is 7.85. The van der Waals surface area contributed by atoms with Gasteiger partial charge in [0.1, 0.15) is 6.61 Å². The molecule has 0 aliphatic carbocycles. The number of carbonyl (C=O) groups is 2. The molecule has 0 aromatic heterocycles. The summed E-state index contributed by atoms with van der Waals surface area (Å²) in [6, 6.07) is 16.6. The van der Waals surface area contributed by atoms with Gasteiger partial charge in [-0.05, 0) is 61.1 Å². The number of carbonyl (C=O) groups excluding carboxylic acids is 2. The smallest absolute Gasteiger partial charge is 0.426 e. The van der Waals surface area contributed by atoms with Crippen molar-refractivity contribution in [2.75, 3.05) is 0 Å². The molecule has 0 saturated carbocycles. The third-order valence-electron chi connectivity index (χ3n) is 3.39. The van der Waals surface area contributed by atoms with Gasteiger partial charge in [-0.1, -0.05) is 42.5 Å². The van der Waals surface area contributed by atoms with Gasteiger partial charge in [0.25, 0.3) is 5.91 Å². The molecular weight excluding hydrogens is 431 g/mol. The lowest BCUT2D eigenvalue weighted by Crippen LogP contribution is -2.56. The van der Waals surface area contributed by atoms with Crippen LogP contribution in [0.1, 0.15) is 36.7 Å². The number of hydrazine groups is 1. The highest BCUT2D eigenvalue weighted by atomic mass is 127. The maximum absolute atomic E-state index is 12.9. The molecule has 2 rings (SSSR count). The lowest BCUT2D eigenvalue weighted by molar-refractivity contribution is 0.0341. The second kappa shape index (κ2) is 8.33. The van der Waals surface area contributed by atoms with Gasteiger partial charge >= 0.3 is 6.09 Å². The van der Waals surface area contributed by atoms with Crippen LogP contribution >= 0.6 is 22.6 Å². The lowest BCUT2D eigenvalue weighted by Gasteiger charge is -2.35. The molecule has 5 nitrogen and oxygen atoms in total. The molecule has 0 heterocycles. The summed E-state index contributed by atoms with van der Waals surface area (Å²) >= 11 is 2.10. The van der Waals surface area contributed by atoms with Gasteiger partial charge in [-0.2, -0.15) is 0 Å². The SMILES string of the molecule is CC(C)(C)N(NC(=O)OCc1ccccc1)C(=O)c1ccccc1I. The van der Waals surface area contributed by atoms with Gasteiger partial charge in [0.2, 0.25) is 0 Å². The summed E-state index contributed by atoms with van der Waals surface area (Å²) in [5.74, 6) is -0.283. The summed E-state index contributed by atoms with van der Waals surface area (Å²) in [4.78, 5) is 25.0. The van der Waals surface area contributed by atoms with Crippen molar-refractivity contribution in [2.45, 2.75) is 32.9 Å². The van der Waals surface area contributed by atoms with Gasteiger partial charge in [-0.3, -0.25) is 4.79 Å². The Labute approximate surface area is 161 Å². The van der Waals surface area contributed by atoms with Crippen molar-refractivity contribution >= 4 is 34.6 Å². The van der Waals surface area contributed by atoms with Crippen molar-refractivity contribution in [3.05, 3.63) is 69.3 Å². The van der Waals surface area contributed by atoms with Crippen molar-refractivity contribution in [2.24, 2.45) is 0 Å². The van der Waals surface area contributed by atoms with Crippen molar-refractivity contribution in [3.8, 4) is 0 Å². The van der Waals surface area contributed by atoms with E-state index in [9.17, 15) is 9.59 Å². The topological polar surface area (TPSA) is 58.6 Å². The molecule has 0 aliphatic heterocycles. The molecule has 0 bridgehead atoms. The number of nitrogens with zero attached hydrogens (tertiary/aromatic N) is 1. The summed E-state index contributed by atoms with van der Waals surface area (Å²) in [6.07, 6.45) is -0.668. The Bertz CT molecular complexity index is 742. The molecule has 2 aromatic rings. The van der Waals surface area contributed by atoms with Gasteiger partial charge in [-0.25, -0.2) is 15.2 Å². The molecule has 0 unspecified atom stereocenters. The zero-order valence-corrected chi connectivity index (χ0v) is 16.6. The number of amides is 2. The molecule has 6 heteroatoms. The fourth-order valence-corrected chi connectivity index (χ4v) is 2.74. The van der Waals surface area contributed by atoms with Gasteiger partial charge in [0.05, 0.1) is 11.1 Å². The number of hydrogen-bond donors (Lipinski definition) is 1. The average Bonchev–Trinajstić information content (AvgIpc) is 2.57. The van der Waals surface area contributed by atoms with E-state index in [2.05, 4.69) is 28.0 Å². The fraction of sp³-hybridized carbons (Fsp3) is 0.263. The third kappa shape index (κ3) is 5.45. The van der Waals surface area contributed by atoms with E-state index in [4.69, 9.17) is 4.74 Å². The zero-order chi connectivity index (χ0) is 18.4. The normalized spacial score (nSPS) is 10.9. The molecule has 0 radical (unpaired) electrons. The number of nitrogens with one attached hydrogen (secondary N) is 1. The first kappa shape index (κ1) is 19.2. The Morgan fingerprint density at radius 2 is 1.64 bits per heavy atom. The second-order valence-electron chi connectivity index (χ2n) is 6.46. The summed E-state index contributed by atoms with van der Waals surface area (Å²) in [6.45, 7) is 5.68. The van der Waals surface area contributed by atoms with Crippen LogP contribution in [-0.2, 0) is 11.3 Å². The molecule has 0 saturated heterocycles. The number of halogens is 1. The van der Waals surface area contributed by atoms with Crippen molar-refractivity contribution in [1.82, 2.24) is 10.4 Å². The molecule has 1 N–H and O–H groups in total. The van der Waals surface area contributed by atoms with Crippen molar-refractivity contribution < 1.29 is 14.3 Å². The summed E-state index contributed by atoms with van der Waals surface area (Å²) in [5, 5.41) is 1.30. The summed E-state index contributed by atoms with van der Waals surface area (Å²) in [5.41, 5.74) is 3.37. The van der Waals surface area contributed by atoms with E-state index in [1.807, 2.05) is 63.2 Å². The lowest BCUT2D eigenvalue weighted by atomic mass is 10.1. The molecule has 0 atom stereocenters. The number of ether oxygens (including phenoxy) is 1. The van der Waals surface area contributed by atoms with Gasteiger partial charge in [0, 0.05) is 3.57 Å². The number of hydrogen-bond acceptors (Lipinski definition) is 3. The first-order chi connectivity index (χ1) is 11.8. The number of rotatable bonds is 3. The van der Waals surface area contributed by atoms with Crippen LogP contribution in [0.5, 0.6) is 0 Å². The Morgan fingerprint density at radius 3 is 2.24 bits per heavy atom. The average molecular weight is 452 g/mol. The summed E-state index contributed by atoms with van der Waals surface area (Å²) in [7, 11) is 0. The Hall–Kier alpha value is -2.09. The van der Waals surface area contributed by atoms with E-state index in [0.717, 1.165) is 9.13 Å². The first-order valence-corrected chi connectivity index (χ1v) is 8.93. The van der Waals surface area contributed by atoms with Gasteiger partial charge in [0.15, 0.2) is 0 Å². The number of benzene rings is 2. The fourth-order valence-electron chi connectivity index (χ4n) is 2.12. The highest BCUT2D eigenvalue weighted by Crippen LogP contribution is 2.19. The van der Waals surface area contributed by atoms with Crippen LogP contribution in [0.25, 0.3) is 0 Å². The highest BCUT2D eigenvalue weighted by molar-refractivity contribution is 14.1. The quantitative estimate of drug-likeness (QED) is 0.556. The molecular formula is C19H21IN2O3. The molecule has 0 aliphatic rings. The van der Waals surface area contributed by atoms with E-state index < -0.39 is 11.6 Å². The monoisotopic (exact) mass is 452 g/mol. The van der Waals surface area contributed by atoms with Crippen molar-refractivity contribution in [1.29, 1.82) is 0 Å². The minimum absolute atomic E-state index is 0.141. The van der Waals surface area contributed by atoms with Gasteiger partial charge < -0.3 is 4.74 Å². The molecule has 2 aromatic carbocycles. The van der Waals surface area contributed by atoms with E-state index >= 15 is 0 Å². The van der Waals surface area contributed by atoms with E-state index in [-0.39, 0.29) is 12.5 Å². The van der Waals surface area contributed by atoms with Crippen LogP contribution in [0.2, 0.25) is 0 Å². The van der Waals surface area contributed by atoms with Crippen LogP contribution in [0.4, 0.5) is 4.79 Å². The van der Waals surface area contributed by atoms with Gasteiger partial charge in [-0.15, -0.1) is 0 Å². The molecule has 132 valence electrons. The Balaban J connectivity index is 2.09. The van der Waals surface area contributed by atoms with E-state index in [1.54, 1.807) is 12.1 Å². The van der Waals surface area contributed by atoms with Crippen LogP contribution in [0, 0.1) is 3.57 Å². The summed E-state index contributed by atoms with van der Waals surface area (Å²) < 4.78 is 6.04. The highest BCUT2D eigenvalue weighted by Gasteiger charge is 2.30. The Kier molecular flexibility index (Phi) is 6.41. The Morgan fingerprint density at radius 1 is 1.04 bits per heavy atom. The molecule has 2 amide bonds. The van der Waals surface area contributed by atoms with Crippen LogP contribution in [-0.4, -0.2) is 22.5 Å². The van der Waals surface area contributed by atoms with E-state index in [0.29, 0.717) is 5.56 Å². The van der Waals surface area contributed by atoms with Crippen molar-refractivity contribution in [3.63, 3.8) is 0 Å². The predicted molar refractivity (Wildman–Crippen MR) is 105 cm³/mol. The molecule has 0 spiro atoms. The maximum Gasteiger partial charge on any atom is 0.426 e.